The molecule has 16 heavy (non-hydrogen) atoms. The lowest BCUT2D eigenvalue weighted by atomic mass is 10.0. The topological polar surface area (TPSA) is 29.9 Å². The second-order valence-electron chi connectivity index (χ2n) is 4.11. The Bertz CT molecular complexity index is 243. The van der Waals surface area contributed by atoms with E-state index in [0.717, 1.165) is 37.9 Å². The van der Waals surface area contributed by atoms with Crippen LogP contribution in [0.3, 0.4) is 0 Å². The fourth-order valence-corrected chi connectivity index (χ4v) is 2.15. The second kappa shape index (κ2) is 8.59. The van der Waals surface area contributed by atoms with Crippen molar-refractivity contribution in [3.8, 4) is 0 Å². The Hall–Kier alpha value is -0.540. The number of aromatic nitrogens is 2. The maximum absolute atomic E-state index is 5.78. The molecular formula is C12H22ClN3. The van der Waals surface area contributed by atoms with Crippen LogP contribution in [0.5, 0.6) is 0 Å². The van der Waals surface area contributed by atoms with Gasteiger partial charge in [-0.1, -0.05) is 13.3 Å². The number of halogens is 1. The molecule has 0 aliphatic heterocycles. The molecule has 0 spiro atoms. The minimum atomic E-state index is 0.722. The molecule has 0 bridgehead atoms. The first kappa shape index (κ1) is 13.5. The first-order valence-corrected chi connectivity index (χ1v) is 6.64. The summed E-state index contributed by atoms with van der Waals surface area (Å²) >= 11 is 5.78. The Morgan fingerprint density at radius 1 is 1.44 bits per heavy atom. The van der Waals surface area contributed by atoms with Gasteiger partial charge in [0.05, 0.1) is 6.54 Å². The average Bonchev–Trinajstić information content (AvgIpc) is 2.78. The predicted octanol–water partition coefficient (Wildman–Crippen LogP) is 2.52. The number of hydrogen-bond acceptors (Lipinski definition) is 2. The molecule has 0 aliphatic carbocycles. The molecule has 0 amide bonds. The van der Waals surface area contributed by atoms with E-state index in [0.29, 0.717) is 0 Å². The zero-order chi connectivity index (χ0) is 11.6. The number of nitrogens with one attached hydrogen (secondary N) is 1. The molecule has 0 saturated heterocycles. The first-order chi connectivity index (χ1) is 7.86. The number of hydrogen-bond donors (Lipinski definition) is 1. The van der Waals surface area contributed by atoms with Crippen LogP contribution in [0.2, 0.25) is 0 Å². The van der Waals surface area contributed by atoms with Crippen LogP contribution in [0.1, 0.15) is 26.2 Å². The molecule has 1 unspecified atom stereocenters. The quantitative estimate of drug-likeness (QED) is 0.534. The zero-order valence-electron chi connectivity index (χ0n) is 10.0. The van der Waals surface area contributed by atoms with Crippen molar-refractivity contribution in [1.29, 1.82) is 0 Å². The smallest absolute Gasteiger partial charge is 0.0533 e. The predicted molar refractivity (Wildman–Crippen MR) is 68.8 cm³/mol. The van der Waals surface area contributed by atoms with Crippen molar-refractivity contribution in [3.05, 3.63) is 18.5 Å². The summed E-state index contributed by atoms with van der Waals surface area (Å²) in [4.78, 5) is 0. The van der Waals surface area contributed by atoms with E-state index in [1.165, 1.54) is 12.8 Å². The standard InChI is InChI=1S/C12H22ClN3/c1-2-4-12(5-6-13)11-14-8-10-16-9-3-7-15-16/h3,7,9,12,14H,2,4-6,8,10-11H2,1H3. The molecule has 0 aromatic carbocycles. The maximum atomic E-state index is 5.78. The Morgan fingerprint density at radius 2 is 2.31 bits per heavy atom. The Morgan fingerprint density at radius 3 is 2.94 bits per heavy atom. The molecule has 1 N–H and O–H groups in total. The highest BCUT2D eigenvalue weighted by atomic mass is 35.5. The lowest BCUT2D eigenvalue weighted by Crippen LogP contribution is -2.26. The van der Waals surface area contributed by atoms with Gasteiger partial charge in [-0.25, -0.2) is 0 Å². The van der Waals surface area contributed by atoms with Crippen molar-refractivity contribution >= 4 is 11.6 Å². The van der Waals surface area contributed by atoms with Crippen molar-refractivity contribution < 1.29 is 0 Å². The summed E-state index contributed by atoms with van der Waals surface area (Å²) in [5.74, 6) is 1.49. The van der Waals surface area contributed by atoms with Crippen molar-refractivity contribution in [1.82, 2.24) is 15.1 Å². The van der Waals surface area contributed by atoms with Crippen molar-refractivity contribution in [2.45, 2.75) is 32.7 Å². The highest BCUT2D eigenvalue weighted by Gasteiger charge is 2.05. The molecule has 1 rings (SSSR count). The van der Waals surface area contributed by atoms with Crippen LogP contribution in [-0.4, -0.2) is 28.8 Å². The van der Waals surface area contributed by atoms with Gasteiger partial charge >= 0.3 is 0 Å². The van der Waals surface area contributed by atoms with Crippen LogP contribution in [-0.2, 0) is 6.54 Å². The summed E-state index contributed by atoms with van der Waals surface area (Å²) in [6, 6.07) is 1.95. The Labute approximate surface area is 103 Å². The van der Waals surface area contributed by atoms with Gasteiger partial charge in [-0.3, -0.25) is 4.68 Å². The van der Waals surface area contributed by atoms with Crippen molar-refractivity contribution in [2.75, 3.05) is 19.0 Å². The van der Waals surface area contributed by atoms with E-state index in [4.69, 9.17) is 11.6 Å². The van der Waals surface area contributed by atoms with Crippen LogP contribution >= 0.6 is 11.6 Å². The minimum Gasteiger partial charge on any atom is -0.315 e. The highest BCUT2D eigenvalue weighted by Crippen LogP contribution is 2.10. The fourth-order valence-electron chi connectivity index (χ4n) is 1.84. The molecule has 3 nitrogen and oxygen atoms in total. The molecule has 0 fully saturated rings. The Balaban J connectivity index is 2.08. The molecular weight excluding hydrogens is 222 g/mol. The summed E-state index contributed by atoms with van der Waals surface area (Å²) in [6.07, 6.45) is 7.42. The van der Waals surface area contributed by atoms with Gasteiger partial charge in [-0.05, 0) is 31.4 Å². The van der Waals surface area contributed by atoms with Gasteiger partial charge in [0, 0.05) is 24.8 Å². The second-order valence-corrected chi connectivity index (χ2v) is 4.48. The lowest BCUT2D eigenvalue weighted by Gasteiger charge is -2.15. The van der Waals surface area contributed by atoms with Crippen LogP contribution in [0.15, 0.2) is 18.5 Å². The molecule has 1 aromatic rings. The van der Waals surface area contributed by atoms with Crippen LogP contribution < -0.4 is 5.32 Å². The first-order valence-electron chi connectivity index (χ1n) is 6.11. The van der Waals surface area contributed by atoms with Gasteiger partial charge in [-0.15, -0.1) is 11.6 Å². The van der Waals surface area contributed by atoms with Gasteiger partial charge in [0.1, 0.15) is 0 Å². The van der Waals surface area contributed by atoms with Crippen LogP contribution in [0.25, 0.3) is 0 Å². The third kappa shape index (κ3) is 5.52. The molecule has 1 heterocycles. The van der Waals surface area contributed by atoms with Crippen LogP contribution in [0, 0.1) is 5.92 Å². The molecule has 1 atom stereocenters. The van der Waals surface area contributed by atoms with E-state index in [1.807, 2.05) is 23.1 Å². The van der Waals surface area contributed by atoms with Gasteiger partial charge < -0.3 is 5.32 Å². The largest absolute Gasteiger partial charge is 0.315 e. The molecule has 0 aliphatic rings. The summed E-state index contributed by atoms with van der Waals surface area (Å²) in [5.41, 5.74) is 0. The average molecular weight is 244 g/mol. The SMILES string of the molecule is CCCC(CCCl)CNCCn1cccn1. The molecule has 0 radical (unpaired) electrons. The lowest BCUT2D eigenvalue weighted by molar-refractivity contribution is 0.421. The van der Waals surface area contributed by atoms with Crippen molar-refractivity contribution in [3.63, 3.8) is 0 Å². The highest BCUT2D eigenvalue weighted by molar-refractivity contribution is 6.17. The summed E-state index contributed by atoms with van der Waals surface area (Å²) in [7, 11) is 0. The fraction of sp³-hybridized carbons (Fsp3) is 0.750. The third-order valence-electron chi connectivity index (χ3n) is 2.72. The van der Waals surface area contributed by atoms with Gasteiger partial charge in [-0.2, -0.15) is 5.10 Å². The van der Waals surface area contributed by atoms with E-state index in [2.05, 4.69) is 17.3 Å². The van der Waals surface area contributed by atoms with E-state index in [9.17, 15) is 0 Å². The van der Waals surface area contributed by atoms with Gasteiger partial charge in [0.2, 0.25) is 0 Å². The summed E-state index contributed by atoms with van der Waals surface area (Å²) in [5, 5.41) is 7.64. The van der Waals surface area contributed by atoms with E-state index < -0.39 is 0 Å². The van der Waals surface area contributed by atoms with E-state index in [1.54, 1.807) is 0 Å². The van der Waals surface area contributed by atoms with Crippen LogP contribution in [0.4, 0.5) is 0 Å². The molecule has 1 aromatic heterocycles. The molecule has 0 saturated carbocycles. The number of nitrogens with zero attached hydrogens (tertiary/aromatic N) is 2. The van der Waals surface area contributed by atoms with E-state index >= 15 is 0 Å². The summed E-state index contributed by atoms with van der Waals surface area (Å²) < 4.78 is 1.95. The number of rotatable bonds is 9. The van der Waals surface area contributed by atoms with Gasteiger partial charge in [0.15, 0.2) is 0 Å². The Kier molecular flexibility index (Phi) is 7.26. The van der Waals surface area contributed by atoms with Gasteiger partial charge in [0.25, 0.3) is 0 Å². The normalized spacial score (nSPS) is 12.9. The van der Waals surface area contributed by atoms with E-state index in [-0.39, 0.29) is 0 Å². The molecule has 92 valence electrons. The maximum Gasteiger partial charge on any atom is 0.0533 e. The third-order valence-corrected chi connectivity index (χ3v) is 2.94. The molecule has 4 heteroatoms. The zero-order valence-corrected chi connectivity index (χ0v) is 10.8. The van der Waals surface area contributed by atoms with Crippen molar-refractivity contribution in [2.24, 2.45) is 5.92 Å². The number of alkyl halides is 1. The monoisotopic (exact) mass is 243 g/mol. The minimum absolute atomic E-state index is 0.722. The summed E-state index contributed by atoms with van der Waals surface area (Å²) in [6.45, 7) is 5.21.